The molecule has 9 nitrogen and oxygen atoms in total. The second-order valence-corrected chi connectivity index (χ2v) is 10.4. The van der Waals surface area contributed by atoms with Crippen molar-refractivity contribution < 1.29 is 43.4 Å². The van der Waals surface area contributed by atoms with Crippen molar-refractivity contribution in [2.75, 3.05) is 26.9 Å². The van der Waals surface area contributed by atoms with Gasteiger partial charge in [-0.3, -0.25) is 9.59 Å². The van der Waals surface area contributed by atoms with Gasteiger partial charge in [0, 0.05) is 11.8 Å². The zero-order valence-electron chi connectivity index (χ0n) is 20.6. The van der Waals surface area contributed by atoms with Gasteiger partial charge in [0.1, 0.15) is 19.3 Å². The number of esters is 1. The van der Waals surface area contributed by atoms with Crippen molar-refractivity contribution in [1.29, 1.82) is 0 Å². The van der Waals surface area contributed by atoms with E-state index in [4.69, 9.17) is 33.8 Å². The first kappa shape index (κ1) is 25.0. The van der Waals surface area contributed by atoms with Crippen LogP contribution in [-0.2, 0) is 28.8 Å². The van der Waals surface area contributed by atoms with Crippen molar-refractivity contribution in [2.24, 2.45) is 23.7 Å². The van der Waals surface area contributed by atoms with Gasteiger partial charge in [0.15, 0.2) is 11.5 Å². The zero-order chi connectivity index (χ0) is 25.3. The molecule has 9 heteroatoms. The van der Waals surface area contributed by atoms with E-state index in [0.717, 1.165) is 23.0 Å². The molecule has 6 rings (SSSR count). The Kier molecular flexibility index (Phi) is 7.23. The number of hydrogen-bond donors (Lipinski definition) is 1. The number of ether oxygens (including phenoxy) is 4. The lowest BCUT2D eigenvalue weighted by molar-refractivity contribution is -0.517. The van der Waals surface area contributed by atoms with Crippen molar-refractivity contribution in [3.63, 3.8) is 0 Å². The van der Waals surface area contributed by atoms with Gasteiger partial charge in [-0.15, -0.1) is 0 Å². The number of aliphatic carboxylic acids is 1. The minimum absolute atomic E-state index is 0.00584. The summed E-state index contributed by atoms with van der Waals surface area (Å²) < 4.78 is 22.6. The summed E-state index contributed by atoms with van der Waals surface area (Å²) in [6, 6.07) is 5.43. The molecule has 0 radical (unpaired) electrons. The van der Waals surface area contributed by atoms with Crippen LogP contribution in [0.25, 0.3) is 5.57 Å². The summed E-state index contributed by atoms with van der Waals surface area (Å²) in [4.78, 5) is 34.0. The summed E-state index contributed by atoms with van der Waals surface area (Å²) >= 11 is 0. The molecule has 1 unspecified atom stereocenters. The number of methoxy groups -OCH3 is 1. The van der Waals surface area contributed by atoms with Crippen LogP contribution in [0, 0.1) is 23.7 Å². The quantitative estimate of drug-likeness (QED) is 0.288. The molecule has 1 spiro atoms. The van der Waals surface area contributed by atoms with E-state index in [1.165, 1.54) is 32.1 Å². The Balaban J connectivity index is 1.13. The number of carbonyl (C=O) groups excluding carboxylic acids is 1. The Morgan fingerprint density at radius 3 is 2.39 bits per heavy atom. The molecule has 5 aliphatic rings. The highest BCUT2D eigenvalue weighted by Crippen LogP contribution is 2.60. The number of carboxylic acids is 1. The Hall–Kier alpha value is -2.62. The molecule has 0 aromatic heterocycles. The second kappa shape index (κ2) is 10.4. The molecule has 0 amide bonds. The van der Waals surface area contributed by atoms with Gasteiger partial charge in [0.05, 0.1) is 26.6 Å². The minimum Gasteiger partial charge on any atom is -0.493 e. The molecule has 4 saturated carbocycles. The summed E-state index contributed by atoms with van der Waals surface area (Å²) in [6.45, 7) is 4.73. The fraction of sp³-hybridized carbons (Fsp3) is 0.630. The van der Waals surface area contributed by atoms with Gasteiger partial charge in [-0.1, -0.05) is 12.6 Å². The summed E-state index contributed by atoms with van der Waals surface area (Å²) in [5.41, 5.74) is 1.54. The van der Waals surface area contributed by atoms with Crippen LogP contribution < -0.4 is 9.47 Å². The molecule has 1 atom stereocenters. The number of rotatable bonds is 10. The number of carbonyl (C=O) groups is 2. The predicted molar refractivity (Wildman–Crippen MR) is 127 cm³/mol. The molecule has 1 aliphatic heterocycles. The van der Waals surface area contributed by atoms with E-state index in [0.29, 0.717) is 29.9 Å². The third-order valence-electron chi connectivity index (χ3n) is 8.10. The van der Waals surface area contributed by atoms with E-state index < -0.39 is 23.8 Å². The van der Waals surface area contributed by atoms with Crippen molar-refractivity contribution in [3.8, 4) is 11.5 Å². The molecule has 1 heterocycles. The average Bonchev–Trinajstić information content (AvgIpc) is 2.88. The fourth-order valence-electron chi connectivity index (χ4n) is 6.52. The number of hydrogen-bond acceptors (Lipinski definition) is 8. The molecule has 5 fully saturated rings. The maximum atomic E-state index is 11.5. The molecular formula is C27H34O9. The smallest absolute Gasteiger partial charge is 0.306 e. The van der Waals surface area contributed by atoms with Crippen LogP contribution in [0.2, 0.25) is 0 Å². The summed E-state index contributed by atoms with van der Waals surface area (Å²) in [7, 11) is 1.54. The molecule has 1 saturated heterocycles. The zero-order valence-corrected chi connectivity index (χ0v) is 20.6. The summed E-state index contributed by atoms with van der Waals surface area (Å²) in [5, 5.41) is 8.61. The van der Waals surface area contributed by atoms with Gasteiger partial charge < -0.3 is 24.1 Å². The monoisotopic (exact) mass is 502 g/mol. The van der Waals surface area contributed by atoms with Crippen LogP contribution in [0.5, 0.6) is 11.5 Å². The molecule has 4 aliphatic carbocycles. The van der Waals surface area contributed by atoms with Crippen molar-refractivity contribution in [1.82, 2.24) is 0 Å². The van der Waals surface area contributed by atoms with Gasteiger partial charge in [0.2, 0.25) is 5.79 Å². The van der Waals surface area contributed by atoms with Crippen LogP contribution in [0.3, 0.4) is 0 Å². The van der Waals surface area contributed by atoms with Crippen LogP contribution in [-0.4, -0.2) is 55.9 Å². The van der Waals surface area contributed by atoms with Gasteiger partial charge in [-0.05, 0) is 67.2 Å². The fourth-order valence-corrected chi connectivity index (χ4v) is 6.52. The first-order chi connectivity index (χ1) is 17.4. The Morgan fingerprint density at radius 2 is 1.78 bits per heavy atom. The standard InChI is InChI=1S/C27H34O9/c1-16(24-15-34-27(36-35-24)20-10-17-9-18(12-20)13-21(27)11-17)19-3-4-22(23(14-19)31-2)32-7-8-33-26(30)6-5-25(28)29/h3-4,14,17-18,20-21,24H,1,5-13,15H2,2H3,(H,28,29). The molecule has 36 heavy (non-hydrogen) atoms. The number of benzene rings is 1. The van der Waals surface area contributed by atoms with E-state index >= 15 is 0 Å². The van der Waals surface area contributed by atoms with E-state index in [9.17, 15) is 9.59 Å². The molecule has 1 aromatic carbocycles. The third kappa shape index (κ3) is 4.96. The first-order valence-corrected chi connectivity index (χ1v) is 12.7. The normalized spacial score (nSPS) is 32.3. The van der Waals surface area contributed by atoms with Gasteiger partial charge in [0.25, 0.3) is 0 Å². The maximum absolute atomic E-state index is 11.5. The molecule has 4 bridgehead atoms. The highest BCUT2D eigenvalue weighted by molar-refractivity contribution is 5.76. The Labute approximate surface area is 210 Å². The average molecular weight is 503 g/mol. The van der Waals surface area contributed by atoms with E-state index in [2.05, 4.69) is 6.58 Å². The second-order valence-electron chi connectivity index (χ2n) is 10.4. The Bertz CT molecular complexity index is 965. The lowest BCUT2D eigenvalue weighted by Crippen LogP contribution is -2.63. The SMILES string of the molecule is C=C(c1ccc(OCCOC(=O)CCC(=O)O)c(OC)c1)C1COC2(OO1)C1CC3CC(C1)CC2C3. The third-order valence-corrected chi connectivity index (χ3v) is 8.10. The topological polar surface area (TPSA) is 110 Å². The maximum Gasteiger partial charge on any atom is 0.306 e. The summed E-state index contributed by atoms with van der Waals surface area (Å²) in [6.07, 6.45) is 5.19. The van der Waals surface area contributed by atoms with Crippen LogP contribution in [0.1, 0.15) is 50.5 Å². The number of carboxylic acid groups (broad SMARTS) is 1. The van der Waals surface area contributed by atoms with Crippen LogP contribution >= 0.6 is 0 Å². The minimum atomic E-state index is -1.04. The van der Waals surface area contributed by atoms with Gasteiger partial charge in [-0.2, -0.15) is 4.89 Å². The lowest BCUT2D eigenvalue weighted by Gasteiger charge is -2.60. The molecule has 196 valence electrons. The van der Waals surface area contributed by atoms with Crippen molar-refractivity contribution in [2.45, 2.75) is 56.8 Å². The highest BCUT2D eigenvalue weighted by atomic mass is 17.2. The van der Waals surface area contributed by atoms with E-state index in [1.54, 1.807) is 13.2 Å². The summed E-state index contributed by atoms with van der Waals surface area (Å²) in [5.74, 6) is 1.22. The molecule has 1 aromatic rings. The Morgan fingerprint density at radius 1 is 1.06 bits per heavy atom. The van der Waals surface area contributed by atoms with Crippen LogP contribution in [0.4, 0.5) is 0 Å². The first-order valence-electron chi connectivity index (χ1n) is 12.7. The highest BCUT2D eigenvalue weighted by Gasteiger charge is 2.61. The molecular weight excluding hydrogens is 468 g/mol. The van der Waals surface area contributed by atoms with E-state index in [-0.39, 0.29) is 26.1 Å². The van der Waals surface area contributed by atoms with Crippen molar-refractivity contribution >= 4 is 17.5 Å². The van der Waals surface area contributed by atoms with Crippen LogP contribution in [0.15, 0.2) is 24.8 Å². The van der Waals surface area contributed by atoms with Crippen molar-refractivity contribution in [3.05, 3.63) is 30.3 Å². The molecule has 1 N–H and O–H groups in total. The lowest BCUT2D eigenvalue weighted by atomic mass is 9.53. The largest absolute Gasteiger partial charge is 0.493 e. The van der Waals surface area contributed by atoms with Gasteiger partial charge in [-0.25, -0.2) is 4.89 Å². The predicted octanol–water partition coefficient (Wildman–Crippen LogP) is 3.99. The van der Waals surface area contributed by atoms with Gasteiger partial charge >= 0.3 is 11.9 Å². The van der Waals surface area contributed by atoms with E-state index in [1.807, 2.05) is 12.1 Å².